The molecule has 2 aliphatic heterocycles. The van der Waals surface area contributed by atoms with Gasteiger partial charge < -0.3 is 5.32 Å². The van der Waals surface area contributed by atoms with E-state index in [1.165, 1.54) is 38.1 Å². The lowest BCUT2D eigenvalue weighted by Crippen LogP contribution is -2.26. The first kappa shape index (κ1) is 9.73. The van der Waals surface area contributed by atoms with Gasteiger partial charge in [0.25, 0.3) is 0 Å². The van der Waals surface area contributed by atoms with Crippen molar-refractivity contribution in [1.82, 2.24) is 5.32 Å². The first-order valence-corrected chi connectivity index (χ1v) is 6.88. The lowest BCUT2D eigenvalue weighted by atomic mass is 9.89. The molecule has 0 amide bonds. The maximum absolute atomic E-state index is 3.43. The molecule has 0 aromatic heterocycles. The molecule has 0 saturated carbocycles. The van der Waals surface area contributed by atoms with Gasteiger partial charge in [-0.1, -0.05) is 12.1 Å². The molecule has 0 radical (unpaired) electrons. The zero-order chi connectivity index (χ0) is 10.1. The van der Waals surface area contributed by atoms with Crippen molar-refractivity contribution in [2.24, 2.45) is 0 Å². The molecule has 0 aliphatic carbocycles. The van der Waals surface area contributed by atoms with Crippen LogP contribution in [0.15, 0.2) is 23.1 Å². The van der Waals surface area contributed by atoms with Crippen LogP contribution < -0.4 is 5.32 Å². The van der Waals surface area contributed by atoms with Crippen LogP contribution in [0.2, 0.25) is 0 Å². The largest absolute Gasteiger partial charge is 0.317 e. The Morgan fingerprint density at radius 1 is 1.20 bits per heavy atom. The van der Waals surface area contributed by atoms with Crippen LogP contribution in [0.4, 0.5) is 0 Å². The van der Waals surface area contributed by atoms with Gasteiger partial charge in [-0.25, -0.2) is 0 Å². The van der Waals surface area contributed by atoms with Gasteiger partial charge in [-0.15, -0.1) is 11.8 Å². The van der Waals surface area contributed by atoms with Crippen molar-refractivity contribution in [2.45, 2.75) is 30.1 Å². The van der Waals surface area contributed by atoms with Crippen molar-refractivity contribution in [3.8, 4) is 0 Å². The number of piperidine rings is 1. The number of aryl methyl sites for hydroxylation is 1. The molecular formula is C13H17NS. The Morgan fingerprint density at radius 3 is 2.93 bits per heavy atom. The summed E-state index contributed by atoms with van der Waals surface area (Å²) in [5.41, 5.74) is 3.14. The zero-order valence-electron chi connectivity index (χ0n) is 8.96. The third kappa shape index (κ3) is 1.93. The Morgan fingerprint density at radius 2 is 2.07 bits per heavy atom. The molecule has 2 aliphatic rings. The summed E-state index contributed by atoms with van der Waals surface area (Å²) in [6, 6.07) is 7.16. The molecule has 2 heterocycles. The smallest absolute Gasteiger partial charge is 0.0107 e. The number of fused-ring (bicyclic) bond motifs is 1. The topological polar surface area (TPSA) is 12.0 Å². The Labute approximate surface area is 95.6 Å². The first-order chi connectivity index (χ1) is 7.43. The highest BCUT2D eigenvalue weighted by atomic mass is 32.2. The highest BCUT2D eigenvalue weighted by Crippen LogP contribution is 2.35. The Bertz CT molecular complexity index is 356. The molecule has 2 heteroatoms. The van der Waals surface area contributed by atoms with Crippen molar-refractivity contribution in [1.29, 1.82) is 0 Å². The van der Waals surface area contributed by atoms with Crippen LogP contribution in [0.5, 0.6) is 0 Å². The predicted molar refractivity (Wildman–Crippen MR) is 65.7 cm³/mol. The van der Waals surface area contributed by atoms with Crippen LogP contribution in [0.25, 0.3) is 0 Å². The molecule has 80 valence electrons. The van der Waals surface area contributed by atoms with E-state index in [1.54, 1.807) is 16.0 Å². The number of nitrogens with one attached hydrogen (secondary N) is 1. The van der Waals surface area contributed by atoms with Crippen LogP contribution in [0, 0.1) is 0 Å². The fourth-order valence-corrected chi connectivity index (χ4v) is 3.71. The molecule has 1 saturated heterocycles. The fourth-order valence-electron chi connectivity index (χ4n) is 2.59. The van der Waals surface area contributed by atoms with Crippen molar-refractivity contribution in [2.75, 3.05) is 18.8 Å². The molecule has 3 rings (SSSR count). The molecule has 1 N–H and O–H groups in total. The van der Waals surface area contributed by atoms with Gasteiger partial charge >= 0.3 is 0 Å². The van der Waals surface area contributed by atoms with E-state index in [0.717, 1.165) is 5.92 Å². The van der Waals surface area contributed by atoms with Gasteiger partial charge in [0.05, 0.1) is 0 Å². The average molecular weight is 219 g/mol. The van der Waals surface area contributed by atoms with Crippen LogP contribution in [-0.2, 0) is 6.42 Å². The molecule has 0 unspecified atom stereocenters. The molecule has 1 aromatic rings. The molecule has 1 nitrogen and oxygen atoms in total. The minimum absolute atomic E-state index is 0.803. The normalized spacial score (nSPS) is 21.6. The SMILES string of the molecule is c1cc2c(cc1C1CCNCC1)SCC2. The summed E-state index contributed by atoms with van der Waals surface area (Å²) >= 11 is 2.03. The second kappa shape index (κ2) is 4.18. The van der Waals surface area contributed by atoms with E-state index in [0.29, 0.717) is 0 Å². The standard InChI is InChI=1S/C13H17NS/c1-2-12(10-3-6-14-7-4-10)9-13-11(1)5-8-15-13/h1-2,9-10,14H,3-8H2. The summed E-state index contributed by atoms with van der Waals surface area (Å²) in [5, 5.41) is 3.43. The third-order valence-corrected chi connectivity index (χ3v) is 4.63. The van der Waals surface area contributed by atoms with Gasteiger partial charge in [-0.05, 0) is 55.5 Å². The van der Waals surface area contributed by atoms with Gasteiger partial charge in [0, 0.05) is 10.6 Å². The lowest BCUT2D eigenvalue weighted by molar-refractivity contribution is 0.460. The monoisotopic (exact) mass is 219 g/mol. The fraction of sp³-hybridized carbons (Fsp3) is 0.538. The minimum atomic E-state index is 0.803. The maximum Gasteiger partial charge on any atom is 0.0107 e. The summed E-state index contributed by atoms with van der Waals surface area (Å²) < 4.78 is 0. The number of hydrogen-bond donors (Lipinski definition) is 1. The lowest BCUT2D eigenvalue weighted by Gasteiger charge is -2.23. The average Bonchev–Trinajstić information content (AvgIpc) is 2.77. The van der Waals surface area contributed by atoms with Crippen molar-refractivity contribution in [3.63, 3.8) is 0 Å². The molecule has 1 fully saturated rings. The quantitative estimate of drug-likeness (QED) is 0.779. The van der Waals surface area contributed by atoms with E-state index in [1.807, 2.05) is 11.8 Å². The van der Waals surface area contributed by atoms with Gasteiger partial charge in [0.1, 0.15) is 0 Å². The van der Waals surface area contributed by atoms with E-state index >= 15 is 0 Å². The zero-order valence-corrected chi connectivity index (χ0v) is 9.78. The Kier molecular flexibility index (Phi) is 2.72. The van der Waals surface area contributed by atoms with Crippen LogP contribution in [0.3, 0.4) is 0 Å². The Hall–Kier alpha value is -0.470. The van der Waals surface area contributed by atoms with Crippen molar-refractivity contribution in [3.05, 3.63) is 29.3 Å². The van der Waals surface area contributed by atoms with E-state index in [2.05, 4.69) is 23.5 Å². The number of hydrogen-bond acceptors (Lipinski definition) is 2. The number of benzene rings is 1. The molecule has 1 aromatic carbocycles. The third-order valence-electron chi connectivity index (χ3n) is 3.53. The number of rotatable bonds is 1. The minimum Gasteiger partial charge on any atom is -0.317 e. The molecule has 0 bridgehead atoms. The summed E-state index contributed by atoms with van der Waals surface area (Å²) in [4.78, 5) is 1.55. The van der Waals surface area contributed by atoms with E-state index < -0.39 is 0 Å². The van der Waals surface area contributed by atoms with E-state index in [-0.39, 0.29) is 0 Å². The molecular weight excluding hydrogens is 202 g/mol. The Balaban J connectivity index is 1.85. The van der Waals surface area contributed by atoms with Gasteiger partial charge in [0.15, 0.2) is 0 Å². The second-order valence-corrected chi connectivity index (χ2v) is 5.63. The summed E-state index contributed by atoms with van der Waals surface area (Å²) in [5.74, 6) is 2.09. The first-order valence-electron chi connectivity index (χ1n) is 5.90. The maximum atomic E-state index is 3.43. The highest BCUT2D eigenvalue weighted by Gasteiger charge is 2.18. The van der Waals surface area contributed by atoms with Crippen molar-refractivity contribution < 1.29 is 0 Å². The molecule has 0 spiro atoms. The van der Waals surface area contributed by atoms with E-state index in [9.17, 15) is 0 Å². The summed E-state index contributed by atoms with van der Waals surface area (Å²) in [7, 11) is 0. The predicted octanol–water partition coefficient (Wildman–Crippen LogP) is 2.80. The van der Waals surface area contributed by atoms with Gasteiger partial charge in [-0.3, -0.25) is 0 Å². The summed E-state index contributed by atoms with van der Waals surface area (Å²) in [6.07, 6.45) is 3.89. The summed E-state index contributed by atoms with van der Waals surface area (Å²) in [6.45, 7) is 2.38. The number of thioether (sulfide) groups is 1. The van der Waals surface area contributed by atoms with E-state index in [4.69, 9.17) is 0 Å². The molecule has 0 atom stereocenters. The van der Waals surface area contributed by atoms with Crippen LogP contribution in [-0.4, -0.2) is 18.8 Å². The second-order valence-electron chi connectivity index (χ2n) is 4.49. The van der Waals surface area contributed by atoms with Crippen LogP contribution >= 0.6 is 11.8 Å². The van der Waals surface area contributed by atoms with Crippen molar-refractivity contribution >= 4 is 11.8 Å². The highest BCUT2D eigenvalue weighted by molar-refractivity contribution is 7.99. The van der Waals surface area contributed by atoms with Gasteiger partial charge in [0.2, 0.25) is 0 Å². The molecule has 15 heavy (non-hydrogen) atoms. The van der Waals surface area contributed by atoms with Crippen LogP contribution in [0.1, 0.15) is 29.9 Å². The van der Waals surface area contributed by atoms with Gasteiger partial charge in [-0.2, -0.15) is 0 Å².